The Morgan fingerprint density at radius 1 is 1.24 bits per heavy atom. The molecule has 0 spiro atoms. The molecule has 11 nitrogen and oxygen atoms in total. The van der Waals surface area contributed by atoms with E-state index in [2.05, 4.69) is 5.32 Å². The van der Waals surface area contributed by atoms with Crippen molar-refractivity contribution < 1.29 is 43.5 Å². The Labute approximate surface area is 222 Å². The number of aldehydes is 1. The lowest BCUT2D eigenvalue weighted by atomic mass is 9.77. The van der Waals surface area contributed by atoms with Gasteiger partial charge < -0.3 is 39.4 Å². The van der Waals surface area contributed by atoms with Crippen molar-refractivity contribution in [2.45, 2.75) is 57.0 Å². The van der Waals surface area contributed by atoms with Crippen LogP contribution in [-0.4, -0.2) is 105 Å². The van der Waals surface area contributed by atoms with Crippen molar-refractivity contribution in [3.8, 4) is 11.5 Å². The van der Waals surface area contributed by atoms with Crippen LogP contribution in [0.4, 0.5) is 0 Å². The molecular weight excluding hydrogens is 496 g/mol. The molecule has 1 aromatic carbocycles. The fraction of sp³-hybridized carbons (Fsp3) is 0.593. The van der Waals surface area contributed by atoms with E-state index in [-0.39, 0.29) is 50.3 Å². The summed E-state index contributed by atoms with van der Waals surface area (Å²) in [5.74, 6) is -0.802. The summed E-state index contributed by atoms with van der Waals surface area (Å²) in [6.07, 6.45) is 0.793. The molecule has 1 heterocycles. The van der Waals surface area contributed by atoms with Gasteiger partial charge in [0.05, 0.1) is 44.8 Å². The summed E-state index contributed by atoms with van der Waals surface area (Å²) in [6.45, 7) is 4.51. The number of rotatable bonds is 14. The summed E-state index contributed by atoms with van der Waals surface area (Å²) in [7, 11) is 2.94. The highest BCUT2D eigenvalue weighted by Gasteiger charge is 2.51. The zero-order chi connectivity index (χ0) is 27.8. The van der Waals surface area contributed by atoms with Crippen molar-refractivity contribution in [1.29, 1.82) is 0 Å². The Hall–Kier alpha value is -2.99. The lowest BCUT2D eigenvalue weighted by Crippen LogP contribution is -2.56. The number of carbonyl (C=O) groups excluding carboxylic acids is 3. The highest BCUT2D eigenvalue weighted by Crippen LogP contribution is 2.51. The van der Waals surface area contributed by atoms with Gasteiger partial charge in [-0.05, 0) is 38.5 Å². The molecule has 1 aliphatic heterocycles. The first-order valence-electron chi connectivity index (χ1n) is 12.8. The SMILES string of the molecule is COCCC(=O)N(CCCOC(C)C)C1C=C(C(=O)NCCO)C2c3cc(C=O)cc(OC)c3OC2C1O. The van der Waals surface area contributed by atoms with E-state index in [1.54, 1.807) is 12.1 Å². The lowest BCUT2D eigenvalue weighted by Gasteiger charge is -2.40. The quantitative estimate of drug-likeness (QED) is 0.233. The predicted octanol–water partition coefficient (Wildman–Crippen LogP) is 0.811. The van der Waals surface area contributed by atoms with Crippen LogP contribution in [0.5, 0.6) is 11.5 Å². The van der Waals surface area contributed by atoms with Gasteiger partial charge in [0.25, 0.3) is 0 Å². The number of amides is 2. The smallest absolute Gasteiger partial charge is 0.247 e. The van der Waals surface area contributed by atoms with Gasteiger partial charge in [0, 0.05) is 43.5 Å². The average molecular weight is 535 g/mol. The molecule has 0 aromatic heterocycles. The summed E-state index contributed by atoms with van der Waals surface area (Å²) in [4.78, 5) is 39.7. The van der Waals surface area contributed by atoms with E-state index in [1.807, 2.05) is 13.8 Å². The first-order chi connectivity index (χ1) is 18.3. The number of benzene rings is 1. The number of carbonyl (C=O) groups is 3. The number of ether oxygens (including phenoxy) is 4. The zero-order valence-corrected chi connectivity index (χ0v) is 22.3. The fourth-order valence-electron chi connectivity index (χ4n) is 4.89. The normalized spacial score (nSPS) is 21.7. The maximum atomic E-state index is 13.3. The van der Waals surface area contributed by atoms with Crippen LogP contribution in [0.15, 0.2) is 23.8 Å². The van der Waals surface area contributed by atoms with Gasteiger partial charge in [-0.15, -0.1) is 0 Å². The van der Waals surface area contributed by atoms with E-state index in [0.29, 0.717) is 41.9 Å². The molecule has 38 heavy (non-hydrogen) atoms. The van der Waals surface area contributed by atoms with E-state index in [4.69, 9.17) is 18.9 Å². The molecule has 11 heteroatoms. The Bertz CT molecular complexity index is 1030. The van der Waals surface area contributed by atoms with Crippen LogP contribution in [0.1, 0.15) is 48.5 Å². The molecule has 3 N–H and O–H groups in total. The third kappa shape index (κ3) is 6.52. The molecular formula is C27H38N2O9. The molecule has 0 saturated heterocycles. The second-order valence-corrected chi connectivity index (χ2v) is 9.51. The van der Waals surface area contributed by atoms with Gasteiger partial charge in [-0.3, -0.25) is 14.4 Å². The predicted molar refractivity (Wildman–Crippen MR) is 137 cm³/mol. The number of nitrogens with one attached hydrogen (secondary N) is 1. The largest absolute Gasteiger partial charge is 0.493 e. The van der Waals surface area contributed by atoms with Crippen molar-refractivity contribution in [2.75, 3.05) is 47.1 Å². The van der Waals surface area contributed by atoms with Crippen LogP contribution in [0.25, 0.3) is 0 Å². The first-order valence-corrected chi connectivity index (χ1v) is 12.8. The summed E-state index contributed by atoms with van der Waals surface area (Å²) in [5.41, 5.74) is 1.13. The number of aliphatic hydroxyl groups is 2. The first kappa shape index (κ1) is 29.6. The summed E-state index contributed by atoms with van der Waals surface area (Å²) in [6, 6.07) is 2.26. The Morgan fingerprint density at radius 3 is 2.63 bits per heavy atom. The minimum atomic E-state index is -1.19. The van der Waals surface area contributed by atoms with Crippen molar-refractivity contribution in [3.05, 3.63) is 34.9 Å². The zero-order valence-electron chi connectivity index (χ0n) is 22.3. The van der Waals surface area contributed by atoms with E-state index in [0.717, 1.165) is 0 Å². The second-order valence-electron chi connectivity index (χ2n) is 9.51. The molecule has 1 aliphatic carbocycles. The summed E-state index contributed by atoms with van der Waals surface area (Å²) >= 11 is 0. The van der Waals surface area contributed by atoms with Crippen molar-refractivity contribution >= 4 is 18.1 Å². The summed E-state index contributed by atoms with van der Waals surface area (Å²) < 4.78 is 22.3. The van der Waals surface area contributed by atoms with Crippen LogP contribution >= 0.6 is 0 Å². The molecule has 0 saturated carbocycles. The van der Waals surface area contributed by atoms with Crippen LogP contribution in [-0.2, 0) is 19.1 Å². The minimum absolute atomic E-state index is 0.0230. The topological polar surface area (TPSA) is 144 Å². The highest BCUT2D eigenvalue weighted by atomic mass is 16.5. The summed E-state index contributed by atoms with van der Waals surface area (Å²) in [5, 5.41) is 23.5. The molecule has 4 unspecified atom stereocenters. The fourth-order valence-corrected chi connectivity index (χ4v) is 4.89. The molecule has 2 amide bonds. The average Bonchev–Trinajstić information content (AvgIpc) is 3.30. The Balaban J connectivity index is 2.04. The van der Waals surface area contributed by atoms with Gasteiger partial charge in [0.1, 0.15) is 18.5 Å². The number of aliphatic hydroxyl groups excluding tert-OH is 2. The van der Waals surface area contributed by atoms with Crippen LogP contribution in [0.2, 0.25) is 0 Å². The maximum absolute atomic E-state index is 13.3. The molecule has 4 atom stereocenters. The highest BCUT2D eigenvalue weighted by molar-refractivity contribution is 5.96. The molecule has 2 aliphatic rings. The Morgan fingerprint density at radius 2 is 2.00 bits per heavy atom. The van der Waals surface area contributed by atoms with Crippen LogP contribution in [0, 0.1) is 0 Å². The number of fused-ring (bicyclic) bond motifs is 3. The molecule has 1 aromatic rings. The molecule has 0 fully saturated rings. The number of hydrogen-bond donors (Lipinski definition) is 3. The van der Waals surface area contributed by atoms with Gasteiger partial charge in [-0.1, -0.05) is 0 Å². The van der Waals surface area contributed by atoms with Gasteiger partial charge in [-0.2, -0.15) is 0 Å². The van der Waals surface area contributed by atoms with E-state index in [1.165, 1.54) is 25.2 Å². The molecule has 210 valence electrons. The van der Waals surface area contributed by atoms with Gasteiger partial charge >= 0.3 is 0 Å². The monoisotopic (exact) mass is 534 g/mol. The third-order valence-electron chi connectivity index (χ3n) is 6.61. The van der Waals surface area contributed by atoms with E-state index in [9.17, 15) is 24.6 Å². The van der Waals surface area contributed by atoms with Crippen molar-refractivity contribution in [2.24, 2.45) is 0 Å². The maximum Gasteiger partial charge on any atom is 0.247 e. The minimum Gasteiger partial charge on any atom is -0.493 e. The molecule has 0 radical (unpaired) electrons. The van der Waals surface area contributed by atoms with Gasteiger partial charge in [-0.25, -0.2) is 0 Å². The molecule has 0 bridgehead atoms. The number of nitrogens with zero attached hydrogens (tertiary/aromatic N) is 1. The van der Waals surface area contributed by atoms with Crippen LogP contribution < -0.4 is 14.8 Å². The van der Waals surface area contributed by atoms with E-state index < -0.39 is 30.1 Å². The van der Waals surface area contributed by atoms with Gasteiger partial charge in [0.15, 0.2) is 11.5 Å². The standard InChI is InChI=1S/C27H38N2O9/c1-16(2)37-10-5-8-29(22(32)6-11-35-3)20-14-19(27(34)28-7-9-30)23-18-12-17(15-31)13-21(36-4)25(18)38-26(23)24(20)33/h12-16,20,23-24,26,30,33H,5-11H2,1-4H3,(H,28,34). The van der Waals surface area contributed by atoms with E-state index >= 15 is 0 Å². The Kier molecular flexibility index (Phi) is 10.7. The van der Waals surface area contributed by atoms with Crippen molar-refractivity contribution in [1.82, 2.24) is 10.2 Å². The number of methoxy groups -OCH3 is 2. The number of hydrogen-bond acceptors (Lipinski definition) is 9. The van der Waals surface area contributed by atoms with Crippen LogP contribution in [0.3, 0.4) is 0 Å². The lowest BCUT2D eigenvalue weighted by molar-refractivity contribution is -0.138. The second kappa shape index (κ2) is 13.7. The van der Waals surface area contributed by atoms with Gasteiger partial charge in [0.2, 0.25) is 11.8 Å². The third-order valence-corrected chi connectivity index (χ3v) is 6.61. The molecule has 3 rings (SSSR count). The van der Waals surface area contributed by atoms with Crippen molar-refractivity contribution in [3.63, 3.8) is 0 Å².